The van der Waals surface area contributed by atoms with Crippen molar-refractivity contribution in [1.82, 2.24) is 25.2 Å². The van der Waals surface area contributed by atoms with Crippen LogP contribution < -0.4 is 0 Å². The predicted molar refractivity (Wildman–Crippen MR) is 64.7 cm³/mol. The number of fused-ring (bicyclic) bond motifs is 1. The quantitative estimate of drug-likeness (QED) is 0.688. The lowest BCUT2D eigenvalue weighted by Crippen LogP contribution is -1.93. The second-order valence-corrected chi connectivity index (χ2v) is 4.52. The summed E-state index contributed by atoms with van der Waals surface area (Å²) < 4.78 is 1.65. The van der Waals surface area contributed by atoms with E-state index in [1.54, 1.807) is 10.9 Å². The Morgan fingerprint density at radius 1 is 1.18 bits per heavy atom. The first kappa shape index (κ1) is 10.2. The van der Waals surface area contributed by atoms with Crippen LogP contribution in [-0.2, 0) is 7.05 Å². The first-order chi connectivity index (χ1) is 8.34. The lowest BCUT2D eigenvalue weighted by molar-refractivity contribution is 0.664. The molecule has 2 aromatic heterocycles. The number of hydrogen-bond acceptors (Lipinski definition) is 5. The van der Waals surface area contributed by atoms with Crippen molar-refractivity contribution in [2.75, 3.05) is 0 Å². The van der Waals surface area contributed by atoms with Crippen LogP contribution in [-0.4, -0.2) is 25.2 Å². The summed E-state index contributed by atoms with van der Waals surface area (Å²) in [6.45, 7) is 0. The molecule has 5 nitrogen and oxygen atoms in total. The topological polar surface area (TPSA) is 56.5 Å². The standard InChI is InChI=1S/C11H9N5S/c1-16-11(13-14-15-16)17-10-6-7-12-9-5-3-2-4-8(9)10/h2-7H,1H3. The van der Waals surface area contributed by atoms with Crippen molar-refractivity contribution in [1.29, 1.82) is 0 Å². The van der Waals surface area contributed by atoms with Gasteiger partial charge in [0, 0.05) is 23.5 Å². The van der Waals surface area contributed by atoms with Crippen LogP contribution in [0.25, 0.3) is 10.9 Å². The molecule has 0 aliphatic carbocycles. The molecular weight excluding hydrogens is 234 g/mol. The van der Waals surface area contributed by atoms with E-state index in [1.165, 1.54) is 11.8 Å². The van der Waals surface area contributed by atoms with Crippen molar-refractivity contribution < 1.29 is 0 Å². The van der Waals surface area contributed by atoms with Gasteiger partial charge in [0.2, 0.25) is 5.16 Å². The number of para-hydroxylation sites is 1. The summed E-state index contributed by atoms with van der Waals surface area (Å²) in [6.07, 6.45) is 1.80. The van der Waals surface area contributed by atoms with E-state index < -0.39 is 0 Å². The Kier molecular flexibility index (Phi) is 2.49. The molecule has 6 heteroatoms. The van der Waals surface area contributed by atoms with Crippen molar-refractivity contribution in [2.45, 2.75) is 10.1 Å². The van der Waals surface area contributed by atoms with Gasteiger partial charge in [0.15, 0.2) is 0 Å². The second-order valence-electron chi connectivity index (χ2n) is 3.51. The Hall–Kier alpha value is -1.95. The van der Waals surface area contributed by atoms with Gasteiger partial charge >= 0.3 is 0 Å². The summed E-state index contributed by atoms with van der Waals surface area (Å²) in [5, 5.41) is 13.3. The Morgan fingerprint density at radius 3 is 2.88 bits per heavy atom. The third-order valence-electron chi connectivity index (χ3n) is 2.39. The molecule has 0 atom stereocenters. The number of rotatable bonds is 2. The van der Waals surface area contributed by atoms with Crippen LogP contribution in [0.2, 0.25) is 0 Å². The molecule has 3 rings (SSSR count). The number of aryl methyl sites for hydroxylation is 1. The van der Waals surface area contributed by atoms with E-state index >= 15 is 0 Å². The SMILES string of the molecule is Cn1nnnc1Sc1ccnc2ccccc12. The molecule has 0 bridgehead atoms. The molecule has 0 N–H and O–H groups in total. The average Bonchev–Trinajstić information content (AvgIpc) is 2.76. The Labute approximate surface area is 102 Å². The van der Waals surface area contributed by atoms with Gasteiger partial charge in [-0.05, 0) is 34.3 Å². The van der Waals surface area contributed by atoms with E-state index in [2.05, 4.69) is 26.6 Å². The highest BCUT2D eigenvalue weighted by Gasteiger charge is 2.07. The summed E-state index contributed by atoms with van der Waals surface area (Å²) in [5.74, 6) is 0. The summed E-state index contributed by atoms with van der Waals surface area (Å²) in [6, 6.07) is 10.0. The van der Waals surface area contributed by atoms with Gasteiger partial charge in [-0.15, -0.1) is 5.10 Å². The van der Waals surface area contributed by atoms with Gasteiger partial charge < -0.3 is 0 Å². The number of pyridine rings is 1. The van der Waals surface area contributed by atoms with E-state index in [1.807, 2.05) is 31.3 Å². The van der Waals surface area contributed by atoms with Gasteiger partial charge in [0.25, 0.3) is 0 Å². The molecule has 1 aromatic carbocycles. The molecule has 17 heavy (non-hydrogen) atoms. The number of aromatic nitrogens is 5. The molecule has 0 fully saturated rings. The van der Waals surface area contributed by atoms with E-state index in [4.69, 9.17) is 0 Å². The summed E-state index contributed by atoms with van der Waals surface area (Å²) >= 11 is 1.54. The van der Waals surface area contributed by atoms with Gasteiger partial charge in [-0.25, -0.2) is 4.68 Å². The van der Waals surface area contributed by atoms with Crippen LogP contribution in [0.4, 0.5) is 0 Å². The van der Waals surface area contributed by atoms with Crippen LogP contribution >= 0.6 is 11.8 Å². The molecule has 0 spiro atoms. The average molecular weight is 243 g/mol. The van der Waals surface area contributed by atoms with Gasteiger partial charge in [-0.3, -0.25) is 4.98 Å². The van der Waals surface area contributed by atoms with E-state index in [0.29, 0.717) is 0 Å². The Morgan fingerprint density at radius 2 is 2.06 bits per heavy atom. The molecule has 0 saturated heterocycles. The van der Waals surface area contributed by atoms with Crippen molar-refractivity contribution in [3.05, 3.63) is 36.5 Å². The first-order valence-electron chi connectivity index (χ1n) is 5.08. The van der Waals surface area contributed by atoms with E-state index in [0.717, 1.165) is 21.0 Å². The normalized spacial score (nSPS) is 10.9. The summed E-state index contributed by atoms with van der Waals surface area (Å²) in [4.78, 5) is 5.43. The monoisotopic (exact) mass is 243 g/mol. The van der Waals surface area contributed by atoms with Crippen LogP contribution in [0, 0.1) is 0 Å². The fourth-order valence-electron chi connectivity index (χ4n) is 1.56. The zero-order chi connectivity index (χ0) is 11.7. The zero-order valence-corrected chi connectivity index (χ0v) is 9.92. The predicted octanol–water partition coefficient (Wildman–Crippen LogP) is 1.91. The number of tetrazole rings is 1. The lowest BCUT2D eigenvalue weighted by atomic mass is 10.2. The molecule has 0 radical (unpaired) electrons. The van der Waals surface area contributed by atoms with Crippen LogP contribution in [0.3, 0.4) is 0 Å². The number of nitrogens with zero attached hydrogens (tertiary/aromatic N) is 5. The Balaban J connectivity index is 2.09. The summed E-state index contributed by atoms with van der Waals surface area (Å²) in [5.41, 5.74) is 0.979. The summed E-state index contributed by atoms with van der Waals surface area (Å²) in [7, 11) is 1.83. The highest BCUT2D eigenvalue weighted by molar-refractivity contribution is 7.99. The van der Waals surface area contributed by atoms with Crippen molar-refractivity contribution in [3.63, 3.8) is 0 Å². The number of hydrogen-bond donors (Lipinski definition) is 0. The van der Waals surface area contributed by atoms with Gasteiger partial charge in [0.05, 0.1) is 5.52 Å². The molecule has 0 unspecified atom stereocenters. The molecule has 3 aromatic rings. The number of benzene rings is 1. The van der Waals surface area contributed by atoms with Gasteiger partial charge in [0.1, 0.15) is 0 Å². The largest absolute Gasteiger partial charge is 0.256 e. The highest BCUT2D eigenvalue weighted by atomic mass is 32.2. The van der Waals surface area contributed by atoms with E-state index in [9.17, 15) is 0 Å². The third kappa shape index (κ3) is 1.87. The van der Waals surface area contributed by atoms with Crippen LogP contribution in [0.5, 0.6) is 0 Å². The zero-order valence-electron chi connectivity index (χ0n) is 9.11. The van der Waals surface area contributed by atoms with Crippen molar-refractivity contribution in [2.24, 2.45) is 7.05 Å². The molecular formula is C11H9N5S. The molecule has 0 amide bonds. The van der Waals surface area contributed by atoms with Crippen molar-refractivity contribution >= 4 is 22.7 Å². The molecule has 0 saturated carbocycles. The smallest absolute Gasteiger partial charge is 0.213 e. The Bertz CT molecular complexity index is 658. The molecule has 2 heterocycles. The fourth-order valence-corrected chi connectivity index (χ4v) is 2.42. The van der Waals surface area contributed by atoms with E-state index in [-0.39, 0.29) is 0 Å². The van der Waals surface area contributed by atoms with Crippen LogP contribution in [0.1, 0.15) is 0 Å². The minimum absolute atomic E-state index is 0.765. The van der Waals surface area contributed by atoms with Gasteiger partial charge in [-0.1, -0.05) is 18.2 Å². The van der Waals surface area contributed by atoms with Crippen molar-refractivity contribution in [3.8, 4) is 0 Å². The van der Waals surface area contributed by atoms with Gasteiger partial charge in [-0.2, -0.15) is 0 Å². The van der Waals surface area contributed by atoms with Crippen LogP contribution in [0.15, 0.2) is 46.6 Å². The minimum atomic E-state index is 0.765. The molecule has 84 valence electrons. The third-order valence-corrected chi connectivity index (χ3v) is 3.50. The maximum absolute atomic E-state index is 4.32. The first-order valence-corrected chi connectivity index (χ1v) is 5.90. The molecule has 0 aliphatic rings. The maximum atomic E-state index is 4.32. The fraction of sp³-hybridized carbons (Fsp3) is 0.0909. The lowest BCUT2D eigenvalue weighted by Gasteiger charge is -2.03. The highest BCUT2D eigenvalue weighted by Crippen LogP contribution is 2.30. The maximum Gasteiger partial charge on any atom is 0.213 e. The second kappa shape index (κ2) is 4.14. The molecule has 0 aliphatic heterocycles. The minimum Gasteiger partial charge on any atom is -0.256 e.